The van der Waals surface area contributed by atoms with Crippen molar-refractivity contribution < 1.29 is 18.7 Å². The van der Waals surface area contributed by atoms with Gasteiger partial charge in [0, 0.05) is 12.6 Å². The molecular formula is C21H17N5O4S. The molecule has 0 aliphatic carbocycles. The fourth-order valence-corrected chi connectivity index (χ4v) is 4.16. The molecule has 5 rings (SSSR count). The molecule has 9 nitrogen and oxygen atoms in total. The van der Waals surface area contributed by atoms with Crippen LogP contribution in [-0.4, -0.2) is 43.8 Å². The van der Waals surface area contributed by atoms with E-state index in [4.69, 9.17) is 9.15 Å². The molecule has 1 amide bonds. The average molecular weight is 435 g/mol. The first-order chi connectivity index (χ1) is 15.1. The van der Waals surface area contributed by atoms with Gasteiger partial charge in [-0.25, -0.2) is 9.80 Å². The summed E-state index contributed by atoms with van der Waals surface area (Å²) in [4.78, 5) is 26.4. The number of amides is 1. The van der Waals surface area contributed by atoms with Crippen LogP contribution in [0.5, 0.6) is 0 Å². The number of rotatable bonds is 5. The van der Waals surface area contributed by atoms with Gasteiger partial charge in [-0.1, -0.05) is 6.07 Å². The average Bonchev–Trinajstić information content (AvgIpc) is 3.58. The molecule has 31 heavy (non-hydrogen) atoms. The highest BCUT2D eigenvalue weighted by Gasteiger charge is 2.35. The molecule has 0 N–H and O–H groups in total. The summed E-state index contributed by atoms with van der Waals surface area (Å²) in [6, 6.07) is 10.3. The Kier molecular flexibility index (Phi) is 4.83. The van der Waals surface area contributed by atoms with Gasteiger partial charge in [-0.15, -0.1) is 21.5 Å². The highest BCUT2D eigenvalue weighted by molar-refractivity contribution is 7.12. The molecule has 0 saturated carbocycles. The number of hydrazone groups is 1. The zero-order valence-corrected chi connectivity index (χ0v) is 17.3. The second kappa shape index (κ2) is 7.80. The third kappa shape index (κ3) is 3.61. The van der Waals surface area contributed by atoms with Crippen LogP contribution in [0, 0.1) is 6.92 Å². The van der Waals surface area contributed by atoms with Crippen molar-refractivity contribution in [1.29, 1.82) is 0 Å². The van der Waals surface area contributed by atoms with E-state index >= 15 is 0 Å². The van der Waals surface area contributed by atoms with Crippen molar-refractivity contribution in [3.63, 3.8) is 0 Å². The predicted molar refractivity (Wildman–Crippen MR) is 112 cm³/mol. The van der Waals surface area contributed by atoms with Crippen LogP contribution in [0.4, 0.5) is 0 Å². The number of aryl methyl sites for hydroxylation is 1. The van der Waals surface area contributed by atoms with Crippen LogP contribution < -0.4 is 0 Å². The zero-order chi connectivity index (χ0) is 21.4. The molecule has 1 aliphatic heterocycles. The number of ether oxygens (including phenoxy) is 1. The summed E-state index contributed by atoms with van der Waals surface area (Å²) in [6.07, 6.45) is 3.67. The van der Waals surface area contributed by atoms with Gasteiger partial charge in [-0.2, -0.15) is 5.10 Å². The Labute approximate surface area is 180 Å². The molecule has 1 unspecified atom stereocenters. The number of carbonyl (C=O) groups is 2. The van der Waals surface area contributed by atoms with Gasteiger partial charge in [0.1, 0.15) is 17.6 Å². The van der Waals surface area contributed by atoms with E-state index in [-0.39, 0.29) is 6.04 Å². The van der Waals surface area contributed by atoms with E-state index in [2.05, 4.69) is 15.3 Å². The predicted octanol–water partition coefficient (Wildman–Crippen LogP) is 3.23. The molecule has 0 spiro atoms. The van der Waals surface area contributed by atoms with Gasteiger partial charge in [-0.3, -0.25) is 9.20 Å². The molecule has 0 fully saturated rings. The first-order valence-electron chi connectivity index (χ1n) is 9.55. The quantitative estimate of drug-likeness (QED) is 0.446. The van der Waals surface area contributed by atoms with Crippen molar-refractivity contribution >= 4 is 34.6 Å². The summed E-state index contributed by atoms with van der Waals surface area (Å²) in [5, 5.41) is 15.7. The first kappa shape index (κ1) is 19.2. The molecule has 10 heteroatoms. The van der Waals surface area contributed by atoms with Crippen LogP contribution in [0.2, 0.25) is 0 Å². The highest BCUT2D eigenvalue weighted by atomic mass is 32.1. The maximum Gasteiger partial charge on any atom is 0.340 e. The van der Waals surface area contributed by atoms with E-state index in [0.717, 1.165) is 10.6 Å². The second-order valence-corrected chi connectivity index (χ2v) is 7.91. The molecule has 0 aromatic carbocycles. The van der Waals surface area contributed by atoms with Gasteiger partial charge >= 0.3 is 5.97 Å². The number of fused-ring (bicyclic) bond motifs is 1. The Morgan fingerprint density at radius 1 is 1.23 bits per heavy atom. The lowest BCUT2D eigenvalue weighted by molar-refractivity contribution is -0.136. The number of pyridine rings is 1. The number of furan rings is 1. The van der Waals surface area contributed by atoms with Crippen LogP contribution in [0.1, 0.15) is 39.3 Å². The zero-order valence-electron chi connectivity index (χ0n) is 16.5. The summed E-state index contributed by atoms with van der Waals surface area (Å²) >= 11 is 1.55. The maximum absolute atomic E-state index is 12.9. The standard InChI is InChI=1S/C21H17N5O4S/c1-13-22-23-19-7-6-14(11-25(13)19)21(28)30-12-20(27)26-16(17-4-2-8-29-17)10-15(24-26)18-5-3-9-31-18/h2-9,11,16H,10,12H2,1H3. The van der Waals surface area contributed by atoms with Crippen molar-refractivity contribution in [2.24, 2.45) is 5.10 Å². The largest absolute Gasteiger partial charge is 0.467 e. The molecule has 4 aromatic heterocycles. The minimum absolute atomic E-state index is 0.301. The van der Waals surface area contributed by atoms with Crippen LogP contribution in [0.25, 0.3) is 5.65 Å². The summed E-state index contributed by atoms with van der Waals surface area (Å²) in [7, 11) is 0. The van der Waals surface area contributed by atoms with Crippen LogP contribution >= 0.6 is 11.3 Å². The number of nitrogens with zero attached hydrogens (tertiary/aromatic N) is 5. The van der Waals surface area contributed by atoms with Gasteiger partial charge in [0.25, 0.3) is 5.91 Å². The minimum atomic E-state index is -0.612. The SMILES string of the molecule is Cc1nnc2ccc(C(=O)OCC(=O)N3N=C(c4cccs4)CC3c3ccco3)cn12. The maximum atomic E-state index is 12.9. The molecule has 5 heterocycles. The molecule has 1 aliphatic rings. The molecule has 0 radical (unpaired) electrons. The Morgan fingerprint density at radius 2 is 2.13 bits per heavy atom. The minimum Gasteiger partial charge on any atom is -0.467 e. The topological polar surface area (TPSA) is 102 Å². The molecule has 0 saturated heterocycles. The Balaban J connectivity index is 1.32. The molecular weight excluding hydrogens is 418 g/mol. The Hall–Kier alpha value is -3.79. The van der Waals surface area contributed by atoms with Crippen molar-refractivity contribution in [1.82, 2.24) is 19.6 Å². The number of aromatic nitrogens is 3. The van der Waals surface area contributed by atoms with Crippen molar-refractivity contribution in [2.75, 3.05) is 6.61 Å². The lowest BCUT2D eigenvalue weighted by Gasteiger charge is -2.19. The van der Waals surface area contributed by atoms with Gasteiger partial charge < -0.3 is 9.15 Å². The van der Waals surface area contributed by atoms with Crippen molar-refractivity contribution in [2.45, 2.75) is 19.4 Å². The van der Waals surface area contributed by atoms with Gasteiger partial charge in [0.05, 0.1) is 22.4 Å². The number of hydrogen-bond acceptors (Lipinski definition) is 8. The van der Waals surface area contributed by atoms with E-state index < -0.39 is 18.5 Å². The van der Waals surface area contributed by atoms with Crippen LogP contribution in [-0.2, 0) is 9.53 Å². The monoisotopic (exact) mass is 435 g/mol. The summed E-state index contributed by atoms with van der Waals surface area (Å²) in [5.41, 5.74) is 1.72. The van der Waals surface area contributed by atoms with Gasteiger partial charge in [0.2, 0.25) is 0 Å². The Bertz CT molecular complexity index is 1280. The van der Waals surface area contributed by atoms with Crippen LogP contribution in [0.3, 0.4) is 0 Å². The van der Waals surface area contributed by atoms with Crippen molar-refractivity contribution in [3.8, 4) is 0 Å². The lowest BCUT2D eigenvalue weighted by atomic mass is 10.1. The number of hydrogen-bond donors (Lipinski definition) is 0. The van der Waals surface area contributed by atoms with E-state index in [1.54, 1.807) is 59.4 Å². The molecule has 156 valence electrons. The number of esters is 1. The summed E-state index contributed by atoms with van der Waals surface area (Å²) in [5.74, 6) is 0.237. The summed E-state index contributed by atoms with van der Waals surface area (Å²) in [6.45, 7) is 1.35. The summed E-state index contributed by atoms with van der Waals surface area (Å²) < 4.78 is 12.5. The smallest absolute Gasteiger partial charge is 0.340 e. The molecule has 0 bridgehead atoms. The molecule has 1 atom stereocenters. The lowest BCUT2D eigenvalue weighted by Crippen LogP contribution is -2.31. The third-order valence-electron chi connectivity index (χ3n) is 4.98. The van der Waals surface area contributed by atoms with E-state index in [0.29, 0.717) is 29.2 Å². The first-order valence-corrected chi connectivity index (χ1v) is 10.4. The van der Waals surface area contributed by atoms with Gasteiger partial charge in [0.15, 0.2) is 12.3 Å². The molecule has 4 aromatic rings. The van der Waals surface area contributed by atoms with Crippen molar-refractivity contribution in [3.05, 3.63) is 76.3 Å². The normalized spacial score (nSPS) is 16.0. The number of carbonyl (C=O) groups excluding carboxylic acids is 2. The van der Waals surface area contributed by atoms with E-state index in [9.17, 15) is 9.59 Å². The fraction of sp³-hybridized carbons (Fsp3) is 0.190. The van der Waals surface area contributed by atoms with E-state index in [1.165, 1.54) is 5.01 Å². The third-order valence-corrected chi connectivity index (χ3v) is 5.90. The number of thiophene rings is 1. The highest BCUT2D eigenvalue weighted by Crippen LogP contribution is 2.34. The van der Waals surface area contributed by atoms with E-state index in [1.807, 2.05) is 17.5 Å². The van der Waals surface area contributed by atoms with Crippen LogP contribution in [0.15, 0.2) is 63.8 Å². The fourth-order valence-electron chi connectivity index (χ4n) is 3.44. The Morgan fingerprint density at radius 3 is 2.90 bits per heavy atom. The second-order valence-electron chi connectivity index (χ2n) is 6.97. The van der Waals surface area contributed by atoms with Gasteiger partial charge in [-0.05, 0) is 42.6 Å².